The Morgan fingerprint density at radius 2 is 1.26 bits per heavy atom. The number of benzene rings is 2. The van der Waals surface area contributed by atoms with Gasteiger partial charge >= 0.3 is 36.5 Å². The molecule has 4 amide bonds. The van der Waals surface area contributed by atoms with Crippen molar-refractivity contribution < 1.29 is 74.8 Å². The molecule has 1 unspecified atom stereocenters. The van der Waals surface area contributed by atoms with E-state index in [1.165, 1.54) is 4.90 Å². The fourth-order valence-corrected chi connectivity index (χ4v) is 5.52. The molecule has 2 aliphatic rings. The number of nitrogens with one attached hydrogen (secondary N) is 2. The standard InChI is InChI=1S/C34H46N4O6.2C2HF3O2/c1-22(29(39)35-18-24-13-14-26-20-37(21-27(26)16-24)31(41)43-33(2,3)4)36-30(40)28-17-25(15-23-11-9-8-10-12-23)19-38(28)32(42)44-34(5,6)7;2*3-2(4,5)1(6)7/h8-14,16,22,25,28H,15,17-21H2,1-7H3,(H,35,39)(H,36,40);2*(H,6,7)/t22?,25-,28+;;/m0../s1. The molecule has 2 heterocycles. The maximum Gasteiger partial charge on any atom is 0.490 e. The summed E-state index contributed by atoms with van der Waals surface area (Å²) in [6.45, 7) is 14.1. The largest absolute Gasteiger partial charge is 0.490 e. The van der Waals surface area contributed by atoms with Crippen LogP contribution in [0.25, 0.3) is 0 Å². The lowest BCUT2D eigenvalue weighted by atomic mass is 9.96. The highest BCUT2D eigenvalue weighted by Crippen LogP contribution is 2.29. The third-order valence-corrected chi connectivity index (χ3v) is 8.03. The van der Waals surface area contributed by atoms with E-state index in [1.54, 1.807) is 32.6 Å². The Kier molecular flexibility index (Phi) is 16.5. The quantitative estimate of drug-likeness (QED) is 0.234. The fraction of sp³-hybridized carbons (Fsp3) is 0.526. The first-order valence-corrected chi connectivity index (χ1v) is 17.8. The lowest BCUT2D eigenvalue weighted by molar-refractivity contribution is -0.193. The molecule has 1 fully saturated rings. The number of aliphatic carboxylic acids is 2. The number of carboxylic acid groups (broad SMARTS) is 2. The maximum atomic E-state index is 13.4. The number of ether oxygens (including phenoxy) is 2. The Morgan fingerprint density at radius 3 is 1.76 bits per heavy atom. The molecule has 2 aliphatic heterocycles. The number of nitrogens with zero attached hydrogens (tertiary/aromatic N) is 2. The molecule has 0 bridgehead atoms. The van der Waals surface area contributed by atoms with Gasteiger partial charge in [-0.25, -0.2) is 19.2 Å². The van der Waals surface area contributed by atoms with Gasteiger partial charge in [0.25, 0.3) is 0 Å². The van der Waals surface area contributed by atoms with Crippen LogP contribution in [0.3, 0.4) is 0 Å². The number of carbonyl (C=O) groups is 6. The summed E-state index contributed by atoms with van der Waals surface area (Å²) < 4.78 is 74.6. The van der Waals surface area contributed by atoms with Gasteiger partial charge in [-0.2, -0.15) is 26.3 Å². The summed E-state index contributed by atoms with van der Waals surface area (Å²) in [6.07, 6.45) is -9.85. The van der Waals surface area contributed by atoms with Crippen molar-refractivity contribution in [2.45, 2.75) is 117 Å². The Labute approximate surface area is 330 Å². The van der Waals surface area contributed by atoms with E-state index in [-0.39, 0.29) is 30.4 Å². The summed E-state index contributed by atoms with van der Waals surface area (Å²) in [5.74, 6) is -6.15. The van der Waals surface area contributed by atoms with E-state index < -0.39 is 53.7 Å². The normalized spacial score (nSPS) is 17.0. The molecular formula is C38H48F6N4O10. The van der Waals surface area contributed by atoms with Crippen molar-refractivity contribution in [2.75, 3.05) is 6.54 Å². The van der Waals surface area contributed by atoms with Crippen molar-refractivity contribution in [2.24, 2.45) is 5.92 Å². The van der Waals surface area contributed by atoms with Crippen molar-refractivity contribution in [1.29, 1.82) is 0 Å². The lowest BCUT2D eigenvalue weighted by Gasteiger charge is -2.28. The summed E-state index contributed by atoms with van der Waals surface area (Å²) in [5, 5.41) is 20.0. The SMILES string of the molecule is CC(NC(=O)[C@H]1C[C@H](Cc2ccccc2)CN1C(=O)OC(C)(C)C)C(=O)NCc1ccc2c(c1)CN(C(=O)OC(C)(C)C)C2.O=C(O)C(F)(F)F.O=C(O)C(F)(F)F. The van der Waals surface area contributed by atoms with E-state index in [9.17, 15) is 45.5 Å². The van der Waals surface area contributed by atoms with E-state index in [1.807, 2.05) is 69.3 Å². The number of hydrogen-bond donors (Lipinski definition) is 4. The minimum Gasteiger partial charge on any atom is -0.475 e. The number of alkyl halides is 6. The van der Waals surface area contributed by atoms with Crippen LogP contribution in [-0.2, 0) is 54.7 Å². The highest BCUT2D eigenvalue weighted by Gasteiger charge is 2.42. The molecule has 3 atom stereocenters. The predicted molar refractivity (Wildman–Crippen MR) is 194 cm³/mol. The summed E-state index contributed by atoms with van der Waals surface area (Å²) in [5.41, 5.74) is 2.81. The zero-order chi connectivity index (χ0) is 44.4. The van der Waals surface area contributed by atoms with Gasteiger partial charge in [-0.1, -0.05) is 48.5 Å². The van der Waals surface area contributed by atoms with E-state index in [2.05, 4.69) is 10.6 Å². The molecule has 2 aromatic carbocycles. The Hall–Kier alpha value is -5.56. The molecule has 0 radical (unpaired) electrons. The molecule has 0 saturated carbocycles. The molecule has 0 aliphatic carbocycles. The Morgan fingerprint density at radius 1 is 0.759 bits per heavy atom. The minimum atomic E-state index is -5.08. The van der Waals surface area contributed by atoms with Crippen LogP contribution in [0.4, 0.5) is 35.9 Å². The molecule has 58 heavy (non-hydrogen) atoms. The number of hydrogen-bond acceptors (Lipinski definition) is 8. The molecule has 4 N–H and O–H groups in total. The van der Waals surface area contributed by atoms with Crippen molar-refractivity contribution >= 4 is 35.9 Å². The number of carboxylic acids is 2. The molecule has 0 spiro atoms. The molecule has 0 aromatic heterocycles. The Balaban J connectivity index is 0.000000707. The van der Waals surface area contributed by atoms with Crippen LogP contribution in [0.15, 0.2) is 48.5 Å². The predicted octanol–water partition coefficient (Wildman–Crippen LogP) is 6.19. The van der Waals surface area contributed by atoms with E-state index in [0.29, 0.717) is 26.1 Å². The zero-order valence-electron chi connectivity index (χ0n) is 32.9. The van der Waals surface area contributed by atoms with Gasteiger partial charge < -0.3 is 30.3 Å². The topological polar surface area (TPSA) is 192 Å². The number of carbonyl (C=O) groups excluding carboxylic acids is 4. The minimum absolute atomic E-state index is 0.0795. The highest BCUT2D eigenvalue weighted by molar-refractivity contribution is 5.91. The average Bonchev–Trinajstić information content (AvgIpc) is 3.70. The van der Waals surface area contributed by atoms with Crippen molar-refractivity contribution in [3.05, 3.63) is 70.8 Å². The van der Waals surface area contributed by atoms with E-state index in [0.717, 1.165) is 28.7 Å². The summed E-state index contributed by atoms with van der Waals surface area (Å²) in [4.78, 5) is 72.9. The second-order valence-corrected chi connectivity index (χ2v) is 15.4. The van der Waals surface area contributed by atoms with Gasteiger partial charge in [0.05, 0.1) is 0 Å². The van der Waals surface area contributed by atoms with Gasteiger partial charge in [0, 0.05) is 26.2 Å². The first-order chi connectivity index (χ1) is 26.5. The van der Waals surface area contributed by atoms with Crippen molar-refractivity contribution in [1.82, 2.24) is 20.4 Å². The highest BCUT2D eigenvalue weighted by atomic mass is 19.4. The molecule has 4 rings (SSSR count). The van der Waals surface area contributed by atoms with Gasteiger partial charge in [-0.05, 0) is 89.5 Å². The third kappa shape index (κ3) is 16.5. The smallest absolute Gasteiger partial charge is 0.475 e. The summed E-state index contributed by atoms with van der Waals surface area (Å²) in [7, 11) is 0. The monoisotopic (exact) mass is 834 g/mol. The van der Waals surface area contributed by atoms with Gasteiger partial charge in [-0.15, -0.1) is 0 Å². The third-order valence-electron chi connectivity index (χ3n) is 8.03. The summed E-state index contributed by atoms with van der Waals surface area (Å²) in [6, 6.07) is 14.3. The number of fused-ring (bicyclic) bond motifs is 1. The van der Waals surface area contributed by atoms with E-state index in [4.69, 9.17) is 29.3 Å². The second kappa shape index (κ2) is 19.7. The molecule has 20 heteroatoms. The number of amides is 4. The number of rotatable bonds is 7. The average molecular weight is 835 g/mol. The molecule has 14 nitrogen and oxygen atoms in total. The van der Waals surface area contributed by atoms with E-state index >= 15 is 0 Å². The fourth-order valence-electron chi connectivity index (χ4n) is 5.52. The first kappa shape index (κ1) is 48.6. The van der Waals surface area contributed by atoms with Crippen LogP contribution in [0.5, 0.6) is 0 Å². The molecule has 322 valence electrons. The van der Waals surface area contributed by atoms with Gasteiger partial charge in [-0.3, -0.25) is 19.4 Å². The second-order valence-electron chi connectivity index (χ2n) is 15.4. The van der Waals surface area contributed by atoms with Crippen LogP contribution < -0.4 is 10.6 Å². The van der Waals surface area contributed by atoms with Crippen LogP contribution in [0.2, 0.25) is 0 Å². The lowest BCUT2D eigenvalue weighted by Crippen LogP contribution is -2.52. The van der Waals surface area contributed by atoms with Crippen LogP contribution >= 0.6 is 0 Å². The molecule has 1 saturated heterocycles. The molecular weight excluding hydrogens is 786 g/mol. The zero-order valence-corrected chi connectivity index (χ0v) is 32.9. The van der Waals surface area contributed by atoms with Gasteiger partial charge in [0.2, 0.25) is 11.8 Å². The van der Waals surface area contributed by atoms with Crippen molar-refractivity contribution in [3.63, 3.8) is 0 Å². The van der Waals surface area contributed by atoms with Gasteiger partial charge in [0.15, 0.2) is 0 Å². The Bertz CT molecular complexity index is 1750. The van der Waals surface area contributed by atoms with Crippen molar-refractivity contribution in [3.8, 4) is 0 Å². The number of likely N-dealkylation sites (tertiary alicyclic amines) is 1. The number of halogens is 6. The maximum absolute atomic E-state index is 13.4. The first-order valence-electron chi connectivity index (χ1n) is 17.8. The molecule has 2 aromatic rings. The van der Waals surface area contributed by atoms with Crippen LogP contribution in [0, 0.1) is 5.92 Å². The van der Waals surface area contributed by atoms with Gasteiger partial charge in [0.1, 0.15) is 23.3 Å². The van der Waals surface area contributed by atoms with Crippen LogP contribution in [-0.4, -0.2) is 98.1 Å². The van der Waals surface area contributed by atoms with Crippen LogP contribution in [0.1, 0.15) is 77.1 Å². The summed E-state index contributed by atoms with van der Waals surface area (Å²) >= 11 is 0.